The number of nitrogen functional groups attached to an aromatic ring is 1. The number of rotatable bonds is 1. The minimum Gasteiger partial charge on any atom is -0.434 e. The van der Waals surface area contributed by atoms with E-state index in [-0.39, 0.29) is 16.5 Å². The number of hydrogen-bond donors (Lipinski definition) is 1. The number of aromatic nitrogens is 1. The lowest BCUT2D eigenvalue weighted by atomic mass is 10.2. The molecule has 0 aliphatic heterocycles. The van der Waals surface area contributed by atoms with Crippen molar-refractivity contribution in [3.8, 4) is 11.5 Å². The maximum atomic E-state index is 13.9. The summed E-state index contributed by atoms with van der Waals surface area (Å²) in [5.41, 5.74) is 7.46. The molecule has 96 valence electrons. The Labute approximate surface area is 121 Å². The lowest BCUT2D eigenvalue weighted by Crippen LogP contribution is -1.84. The predicted molar refractivity (Wildman–Crippen MR) is 76.5 cm³/mol. The topological polar surface area (TPSA) is 52.0 Å². The zero-order valence-corrected chi connectivity index (χ0v) is 11.8. The second kappa shape index (κ2) is 4.51. The molecule has 0 spiro atoms. The van der Waals surface area contributed by atoms with Crippen molar-refractivity contribution >= 4 is 44.3 Å². The summed E-state index contributed by atoms with van der Waals surface area (Å²) in [5, 5.41) is 0.0221. The first-order valence-corrected chi connectivity index (χ1v) is 6.53. The molecule has 3 nitrogen and oxygen atoms in total. The first kappa shape index (κ1) is 12.4. The zero-order chi connectivity index (χ0) is 13.6. The smallest absolute Gasteiger partial charge is 0.230 e. The number of benzene rings is 2. The van der Waals surface area contributed by atoms with Crippen LogP contribution in [0.1, 0.15) is 0 Å². The molecule has 3 rings (SSSR count). The fourth-order valence-corrected chi connectivity index (χ4v) is 2.45. The lowest BCUT2D eigenvalue weighted by Gasteiger charge is -1.99. The number of nitrogens with two attached hydrogens (primary N) is 1. The van der Waals surface area contributed by atoms with Crippen molar-refractivity contribution in [2.75, 3.05) is 5.73 Å². The average molecular weight is 342 g/mol. The summed E-state index contributed by atoms with van der Waals surface area (Å²) in [6, 6.07) is 8.10. The number of anilines is 1. The van der Waals surface area contributed by atoms with Gasteiger partial charge in [0.1, 0.15) is 5.52 Å². The summed E-state index contributed by atoms with van der Waals surface area (Å²) >= 11 is 9.06. The van der Waals surface area contributed by atoms with Crippen molar-refractivity contribution in [2.45, 2.75) is 0 Å². The van der Waals surface area contributed by atoms with E-state index in [0.717, 1.165) is 4.47 Å². The maximum Gasteiger partial charge on any atom is 0.230 e. The third-order valence-corrected chi connectivity index (χ3v) is 3.42. The summed E-state index contributed by atoms with van der Waals surface area (Å²) in [4.78, 5) is 4.23. The third-order valence-electron chi connectivity index (χ3n) is 2.67. The number of halogens is 3. The van der Waals surface area contributed by atoms with Gasteiger partial charge < -0.3 is 10.2 Å². The molecular weight excluding hydrogens is 335 g/mol. The highest BCUT2D eigenvalue weighted by Gasteiger charge is 2.16. The van der Waals surface area contributed by atoms with Gasteiger partial charge in [0.05, 0.1) is 16.3 Å². The van der Waals surface area contributed by atoms with Crippen molar-refractivity contribution in [3.05, 3.63) is 45.6 Å². The largest absolute Gasteiger partial charge is 0.434 e. The van der Waals surface area contributed by atoms with Crippen LogP contribution < -0.4 is 5.73 Å². The van der Waals surface area contributed by atoms with Gasteiger partial charge in [0.2, 0.25) is 5.89 Å². The van der Waals surface area contributed by atoms with E-state index in [1.54, 1.807) is 24.3 Å². The Morgan fingerprint density at radius 3 is 2.89 bits per heavy atom. The quantitative estimate of drug-likeness (QED) is 0.656. The van der Waals surface area contributed by atoms with E-state index in [0.29, 0.717) is 16.8 Å². The molecule has 0 bridgehead atoms. The summed E-state index contributed by atoms with van der Waals surface area (Å²) in [7, 11) is 0. The fraction of sp³-hybridized carbons (Fsp3) is 0. The fourth-order valence-electron chi connectivity index (χ4n) is 1.81. The minimum absolute atomic E-state index is 0.0221. The van der Waals surface area contributed by atoms with E-state index in [4.69, 9.17) is 21.8 Å². The van der Waals surface area contributed by atoms with Gasteiger partial charge >= 0.3 is 0 Å². The average Bonchev–Trinajstić information content (AvgIpc) is 2.76. The van der Waals surface area contributed by atoms with E-state index >= 15 is 0 Å². The number of fused-ring (bicyclic) bond motifs is 1. The highest BCUT2D eigenvalue weighted by atomic mass is 79.9. The molecule has 0 saturated carbocycles. The van der Waals surface area contributed by atoms with Gasteiger partial charge in [-0.2, -0.15) is 0 Å². The first-order valence-electron chi connectivity index (χ1n) is 5.36. The van der Waals surface area contributed by atoms with Crippen molar-refractivity contribution in [1.82, 2.24) is 4.98 Å². The lowest BCUT2D eigenvalue weighted by molar-refractivity contribution is 0.594. The van der Waals surface area contributed by atoms with E-state index in [1.807, 2.05) is 0 Å². The van der Waals surface area contributed by atoms with Crippen molar-refractivity contribution in [3.63, 3.8) is 0 Å². The Kier molecular flexibility index (Phi) is 2.95. The Bertz CT molecular complexity index is 788. The van der Waals surface area contributed by atoms with Crippen LogP contribution in [0.5, 0.6) is 0 Å². The Balaban J connectivity index is 2.26. The standard InChI is InChI=1S/C13H7BrClFN2O/c14-6-4-9(17)12-10(5-6)18-13(19-12)7-2-1-3-8(15)11(7)16/h1-5H,17H2. The maximum absolute atomic E-state index is 13.9. The van der Waals surface area contributed by atoms with Crippen LogP contribution in [0.4, 0.5) is 10.1 Å². The van der Waals surface area contributed by atoms with Crippen molar-refractivity contribution in [1.29, 1.82) is 0 Å². The van der Waals surface area contributed by atoms with Gasteiger partial charge in [-0.3, -0.25) is 0 Å². The molecule has 0 saturated heterocycles. The number of oxazole rings is 1. The molecule has 0 unspecified atom stereocenters. The van der Waals surface area contributed by atoms with Gasteiger partial charge in [-0.15, -0.1) is 0 Å². The van der Waals surface area contributed by atoms with Crippen molar-refractivity contribution in [2.24, 2.45) is 0 Å². The zero-order valence-electron chi connectivity index (χ0n) is 9.45. The highest BCUT2D eigenvalue weighted by molar-refractivity contribution is 9.10. The van der Waals surface area contributed by atoms with Crippen LogP contribution in [0.2, 0.25) is 5.02 Å². The Morgan fingerprint density at radius 2 is 2.11 bits per heavy atom. The normalized spacial score (nSPS) is 11.1. The molecule has 0 aliphatic carbocycles. The molecule has 19 heavy (non-hydrogen) atoms. The summed E-state index contributed by atoms with van der Waals surface area (Å²) < 4.78 is 20.2. The number of nitrogens with zero attached hydrogens (tertiary/aromatic N) is 1. The van der Waals surface area contributed by atoms with E-state index in [1.165, 1.54) is 6.07 Å². The van der Waals surface area contributed by atoms with Gasteiger partial charge in [-0.1, -0.05) is 33.6 Å². The number of hydrogen-bond acceptors (Lipinski definition) is 3. The van der Waals surface area contributed by atoms with E-state index < -0.39 is 5.82 Å². The van der Waals surface area contributed by atoms with Gasteiger partial charge in [0, 0.05) is 4.47 Å². The monoisotopic (exact) mass is 340 g/mol. The Morgan fingerprint density at radius 1 is 1.32 bits per heavy atom. The second-order valence-electron chi connectivity index (χ2n) is 3.96. The molecule has 0 radical (unpaired) electrons. The molecule has 2 aromatic carbocycles. The predicted octanol–water partition coefficient (Wildman–Crippen LogP) is 4.63. The summed E-state index contributed by atoms with van der Waals surface area (Å²) in [6.07, 6.45) is 0. The van der Waals surface area contributed by atoms with E-state index in [2.05, 4.69) is 20.9 Å². The van der Waals surface area contributed by atoms with Gasteiger partial charge in [0.25, 0.3) is 0 Å². The van der Waals surface area contributed by atoms with Gasteiger partial charge in [0.15, 0.2) is 11.4 Å². The van der Waals surface area contributed by atoms with Crippen LogP contribution >= 0.6 is 27.5 Å². The second-order valence-corrected chi connectivity index (χ2v) is 5.29. The van der Waals surface area contributed by atoms with E-state index in [9.17, 15) is 4.39 Å². The third kappa shape index (κ3) is 2.09. The van der Waals surface area contributed by atoms with Crippen LogP contribution in [-0.4, -0.2) is 4.98 Å². The molecule has 1 heterocycles. The molecule has 0 fully saturated rings. The summed E-state index contributed by atoms with van der Waals surface area (Å²) in [6.45, 7) is 0. The molecule has 1 aromatic heterocycles. The van der Waals surface area contributed by atoms with Crippen LogP contribution in [0.3, 0.4) is 0 Å². The Hall–Kier alpha value is -1.59. The van der Waals surface area contributed by atoms with Gasteiger partial charge in [-0.05, 0) is 24.3 Å². The molecule has 0 atom stereocenters. The molecule has 3 aromatic rings. The molecule has 2 N–H and O–H groups in total. The van der Waals surface area contributed by atoms with Crippen LogP contribution in [0, 0.1) is 5.82 Å². The minimum atomic E-state index is -0.562. The van der Waals surface area contributed by atoms with Crippen LogP contribution in [-0.2, 0) is 0 Å². The van der Waals surface area contributed by atoms with Crippen LogP contribution in [0.25, 0.3) is 22.6 Å². The van der Waals surface area contributed by atoms with Crippen molar-refractivity contribution < 1.29 is 8.81 Å². The molecular formula is C13H7BrClFN2O. The summed E-state index contributed by atoms with van der Waals surface area (Å²) in [5.74, 6) is -0.409. The van der Waals surface area contributed by atoms with Gasteiger partial charge in [-0.25, -0.2) is 9.37 Å². The SMILES string of the molecule is Nc1cc(Br)cc2nc(-c3cccc(Cl)c3F)oc12. The molecule has 0 aliphatic rings. The molecule has 0 amide bonds. The highest BCUT2D eigenvalue weighted by Crippen LogP contribution is 2.33. The molecule has 6 heteroatoms. The van der Waals surface area contributed by atoms with Crippen LogP contribution in [0.15, 0.2) is 39.2 Å². The first-order chi connectivity index (χ1) is 9.06.